The molecule has 0 fully saturated rings. The Bertz CT molecular complexity index is 638. The van der Waals surface area contributed by atoms with Gasteiger partial charge in [-0.2, -0.15) is 13.2 Å². The van der Waals surface area contributed by atoms with E-state index in [1.165, 1.54) is 6.07 Å². The molecule has 0 saturated heterocycles. The van der Waals surface area contributed by atoms with Crippen LogP contribution in [0.5, 0.6) is 0 Å². The second-order valence-electron chi connectivity index (χ2n) is 5.90. The molecule has 0 bridgehead atoms. The van der Waals surface area contributed by atoms with E-state index in [9.17, 15) is 18.3 Å². The lowest BCUT2D eigenvalue weighted by atomic mass is 9.85. The zero-order valence-corrected chi connectivity index (χ0v) is 13.3. The van der Waals surface area contributed by atoms with Crippen molar-refractivity contribution in [3.05, 3.63) is 53.6 Å². The van der Waals surface area contributed by atoms with Crippen molar-refractivity contribution >= 4 is 0 Å². The van der Waals surface area contributed by atoms with Gasteiger partial charge >= 0.3 is 6.18 Å². The van der Waals surface area contributed by atoms with Gasteiger partial charge in [0.2, 0.25) is 0 Å². The molecule has 1 atom stereocenters. The van der Waals surface area contributed by atoms with E-state index in [2.05, 4.69) is 4.98 Å². The highest BCUT2D eigenvalue weighted by Crippen LogP contribution is 2.36. The summed E-state index contributed by atoms with van der Waals surface area (Å²) in [5.41, 5.74) is -0.935. The van der Waals surface area contributed by atoms with Crippen LogP contribution in [0.3, 0.4) is 0 Å². The fourth-order valence-corrected chi connectivity index (χ4v) is 2.81. The van der Waals surface area contributed by atoms with Crippen molar-refractivity contribution in [3.63, 3.8) is 0 Å². The molecule has 0 aliphatic heterocycles. The second kappa shape index (κ2) is 6.74. The van der Waals surface area contributed by atoms with Crippen molar-refractivity contribution in [2.24, 2.45) is 0 Å². The summed E-state index contributed by atoms with van der Waals surface area (Å²) in [6, 6.07) is 3.53. The molecule has 6 heteroatoms. The van der Waals surface area contributed by atoms with Crippen LogP contribution in [-0.4, -0.2) is 14.7 Å². The van der Waals surface area contributed by atoms with Crippen LogP contribution in [0.1, 0.15) is 42.9 Å². The molecule has 0 amide bonds. The van der Waals surface area contributed by atoms with Crippen molar-refractivity contribution in [1.82, 2.24) is 9.55 Å². The number of halogens is 3. The summed E-state index contributed by atoms with van der Waals surface area (Å²) in [5.74, 6) is 0. The fourth-order valence-electron chi connectivity index (χ4n) is 2.81. The third-order valence-electron chi connectivity index (χ3n) is 4.00. The Labute approximate surface area is 133 Å². The molecule has 2 rings (SSSR count). The molecule has 0 saturated carbocycles. The number of aliphatic hydroxyl groups is 1. The number of aromatic nitrogens is 2. The first kappa shape index (κ1) is 17.5. The molecule has 1 N–H and O–H groups in total. The van der Waals surface area contributed by atoms with Crippen molar-refractivity contribution < 1.29 is 18.3 Å². The van der Waals surface area contributed by atoms with Gasteiger partial charge in [0.25, 0.3) is 0 Å². The van der Waals surface area contributed by atoms with Crippen LogP contribution in [0.25, 0.3) is 0 Å². The summed E-state index contributed by atoms with van der Waals surface area (Å²) < 4.78 is 40.2. The highest BCUT2D eigenvalue weighted by atomic mass is 19.4. The van der Waals surface area contributed by atoms with E-state index < -0.39 is 17.3 Å². The number of aryl methyl sites for hydroxylation is 1. The molecular formula is C17H21F3N2O. The summed E-state index contributed by atoms with van der Waals surface area (Å²) in [4.78, 5) is 3.95. The summed E-state index contributed by atoms with van der Waals surface area (Å²) >= 11 is 0. The molecule has 0 aliphatic carbocycles. The number of nitrogens with zero attached hydrogens (tertiary/aromatic N) is 2. The largest absolute Gasteiger partial charge is 0.416 e. The predicted octanol–water partition coefficient (Wildman–Crippen LogP) is 4.29. The molecule has 0 aliphatic rings. The van der Waals surface area contributed by atoms with Crippen molar-refractivity contribution in [2.75, 3.05) is 0 Å². The van der Waals surface area contributed by atoms with Crippen molar-refractivity contribution in [3.8, 4) is 0 Å². The molecule has 1 aromatic carbocycles. The fraction of sp³-hybridized carbons (Fsp3) is 0.471. The Morgan fingerprint density at radius 1 is 1.26 bits per heavy atom. The van der Waals surface area contributed by atoms with Gasteiger partial charge in [0.1, 0.15) is 5.60 Å². The van der Waals surface area contributed by atoms with E-state index in [0.717, 1.165) is 25.0 Å². The maximum atomic E-state index is 12.8. The summed E-state index contributed by atoms with van der Waals surface area (Å²) in [5, 5.41) is 11.1. The Balaban J connectivity index is 2.38. The highest BCUT2D eigenvalue weighted by molar-refractivity contribution is 5.36. The van der Waals surface area contributed by atoms with Crippen LogP contribution in [0, 0.1) is 6.92 Å². The Morgan fingerprint density at radius 2 is 2.00 bits per heavy atom. The van der Waals surface area contributed by atoms with Crippen LogP contribution >= 0.6 is 0 Å². The average molecular weight is 326 g/mol. The van der Waals surface area contributed by atoms with Crippen LogP contribution in [0.15, 0.2) is 36.9 Å². The van der Waals surface area contributed by atoms with E-state index in [-0.39, 0.29) is 6.54 Å². The number of imidazole rings is 1. The van der Waals surface area contributed by atoms with Gasteiger partial charge in [0.15, 0.2) is 0 Å². The van der Waals surface area contributed by atoms with Gasteiger partial charge in [0, 0.05) is 12.4 Å². The van der Waals surface area contributed by atoms with Gasteiger partial charge < -0.3 is 9.67 Å². The van der Waals surface area contributed by atoms with Crippen molar-refractivity contribution in [1.29, 1.82) is 0 Å². The Morgan fingerprint density at radius 3 is 2.52 bits per heavy atom. The van der Waals surface area contributed by atoms with Crippen molar-refractivity contribution in [2.45, 2.75) is 51.4 Å². The lowest BCUT2D eigenvalue weighted by Gasteiger charge is -2.31. The number of hydrogen-bond acceptors (Lipinski definition) is 2. The van der Waals surface area contributed by atoms with Crippen LogP contribution in [0.4, 0.5) is 13.2 Å². The van der Waals surface area contributed by atoms with E-state index in [1.54, 1.807) is 30.2 Å². The second-order valence-corrected chi connectivity index (χ2v) is 5.90. The first-order valence-corrected chi connectivity index (χ1v) is 7.63. The number of hydrogen-bond donors (Lipinski definition) is 1. The van der Waals surface area contributed by atoms with Crippen LogP contribution in [-0.2, 0) is 18.3 Å². The average Bonchev–Trinajstić information content (AvgIpc) is 2.96. The molecule has 0 radical (unpaired) electrons. The lowest BCUT2D eigenvalue weighted by Crippen LogP contribution is -2.32. The van der Waals surface area contributed by atoms with Gasteiger partial charge in [0.05, 0.1) is 18.4 Å². The lowest BCUT2D eigenvalue weighted by molar-refractivity contribution is -0.137. The van der Waals surface area contributed by atoms with Gasteiger partial charge in [-0.05, 0) is 36.6 Å². The Hall–Kier alpha value is -1.82. The first-order chi connectivity index (χ1) is 10.8. The molecular weight excluding hydrogens is 305 g/mol. The third-order valence-corrected chi connectivity index (χ3v) is 4.00. The van der Waals surface area contributed by atoms with Gasteiger partial charge in [-0.25, -0.2) is 4.98 Å². The molecule has 23 heavy (non-hydrogen) atoms. The molecule has 0 spiro atoms. The third kappa shape index (κ3) is 4.13. The number of rotatable bonds is 6. The van der Waals surface area contributed by atoms with E-state index in [1.807, 2.05) is 6.92 Å². The van der Waals surface area contributed by atoms with Crippen LogP contribution in [0.2, 0.25) is 0 Å². The molecule has 2 aromatic rings. The first-order valence-electron chi connectivity index (χ1n) is 7.63. The molecule has 1 unspecified atom stereocenters. The number of benzene rings is 1. The van der Waals surface area contributed by atoms with Gasteiger partial charge in [-0.15, -0.1) is 0 Å². The zero-order valence-electron chi connectivity index (χ0n) is 13.3. The minimum absolute atomic E-state index is 0.263. The summed E-state index contributed by atoms with van der Waals surface area (Å²) in [6.07, 6.45) is 2.72. The predicted molar refractivity (Wildman–Crippen MR) is 81.8 cm³/mol. The monoisotopic (exact) mass is 326 g/mol. The minimum atomic E-state index is -4.38. The normalized spacial score (nSPS) is 14.7. The molecule has 126 valence electrons. The van der Waals surface area contributed by atoms with Crippen LogP contribution < -0.4 is 0 Å². The highest BCUT2D eigenvalue weighted by Gasteiger charge is 2.34. The molecule has 3 nitrogen and oxygen atoms in total. The van der Waals surface area contributed by atoms with Gasteiger partial charge in [-0.1, -0.05) is 25.8 Å². The van der Waals surface area contributed by atoms with Gasteiger partial charge in [-0.3, -0.25) is 0 Å². The smallest absolute Gasteiger partial charge is 0.383 e. The Kier molecular flexibility index (Phi) is 5.14. The standard InChI is InChI=1S/C17H21F3N2O/c1-3-4-7-16(23,11-22-9-8-21-12-22)15-6-5-14(10-13(15)2)17(18,19)20/h5-6,8-10,12,23H,3-4,7,11H2,1-2H3. The zero-order chi connectivity index (χ0) is 17.1. The topological polar surface area (TPSA) is 38.0 Å². The minimum Gasteiger partial charge on any atom is -0.383 e. The quantitative estimate of drug-likeness (QED) is 0.860. The summed E-state index contributed by atoms with van der Waals surface area (Å²) in [6.45, 7) is 3.88. The van der Waals surface area contributed by atoms with E-state index in [0.29, 0.717) is 17.5 Å². The SMILES string of the molecule is CCCCC(O)(Cn1ccnc1)c1ccc(C(F)(F)F)cc1C. The maximum Gasteiger partial charge on any atom is 0.416 e. The number of alkyl halides is 3. The van der Waals surface area contributed by atoms with E-state index in [4.69, 9.17) is 0 Å². The summed E-state index contributed by atoms with van der Waals surface area (Å²) in [7, 11) is 0. The maximum absolute atomic E-state index is 12.8. The molecule has 1 aromatic heterocycles. The molecule has 1 heterocycles. The van der Waals surface area contributed by atoms with E-state index >= 15 is 0 Å². The number of unbranched alkanes of at least 4 members (excludes halogenated alkanes) is 1.